The molecule has 0 radical (unpaired) electrons. The molecule has 0 fully saturated rings. The average Bonchev–Trinajstić information content (AvgIpc) is 2.34. The van der Waals surface area contributed by atoms with E-state index in [4.69, 9.17) is 15.2 Å². The van der Waals surface area contributed by atoms with Crippen LogP contribution in [0.15, 0.2) is 26.0 Å². The number of oxime groups is 2. The molecule has 17 heavy (non-hydrogen) atoms. The molecule has 90 valence electrons. The van der Waals surface area contributed by atoms with Gasteiger partial charge in [-0.15, -0.1) is 4.91 Å². The molecule has 8 heteroatoms. The van der Waals surface area contributed by atoms with E-state index in [2.05, 4.69) is 31.4 Å². The SMILES string of the molecule is COc1cc(/C=N/O)c(Br)c(/C=N/O)c1N=O. The molecule has 2 N–H and O–H groups in total. The van der Waals surface area contributed by atoms with E-state index in [1.807, 2.05) is 0 Å². The van der Waals surface area contributed by atoms with Crippen LogP contribution in [0.4, 0.5) is 5.69 Å². The van der Waals surface area contributed by atoms with Crippen LogP contribution in [-0.4, -0.2) is 30.0 Å². The van der Waals surface area contributed by atoms with Gasteiger partial charge in [-0.05, 0) is 27.2 Å². The van der Waals surface area contributed by atoms with Crippen molar-refractivity contribution < 1.29 is 15.2 Å². The lowest BCUT2D eigenvalue weighted by molar-refractivity contribution is 0.322. The molecule has 1 rings (SSSR count). The Bertz CT molecular complexity index is 488. The Labute approximate surface area is 104 Å². The Morgan fingerprint density at radius 1 is 1.35 bits per heavy atom. The van der Waals surface area contributed by atoms with Gasteiger partial charge in [-0.25, -0.2) is 0 Å². The van der Waals surface area contributed by atoms with Crippen LogP contribution in [0, 0.1) is 4.91 Å². The zero-order valence-corrected chi connectivity index (χ0v) is 10.2. The molecule has 0 saturated carbocycles. The van der Waals surface area contributed by atoms with Gasteiger partial charge in [-0.3, -0.25) is 0 Å². The number of methoxy groups -OCH3 is 1. The third-order valence-electron chi connectivity index (χ3n) is 1.96. The van der Waals surface area contributed by atoms with Gasteiger partial charge in [0.1, 0.15) is 5.75 Å². The van der Waals surface area contributed by atoms with Crippen molar-refractivity contribution in [3.05, 3.63) is 26.6 Å². The molecule has 0 heterocycles. The normalized spacial score (nSPS) is 11.2. The smallest absolute Gasteiger partial charge is 0.159 e. The van der Waals surface area contributed by atoms with Crippen molar-refractivity contribution >= 4 is 34.0 Å². The van der Waals surface area contributed by atoms with Gasteiger partial charge < -0.3 is 15.2 Å². The Balaban J connectivity index is 3.61. The highest BCUT2D eigenvalue weighted by atomic mass is 79.9. The monoisotopic (exact) mass is 301 g/mol. The summed E-state index contributed by atoms with van der Waals surface area (Å²) in [5, 5.41) is 25.5. The van der Waals surface area contributed by atoms with Crippen molar-refractivity contribution in [3.63, 3.8) is 0 Å². The highest BCUT2D eigenvalue weighted by Gasteiger charge is 2.16. The summed E-state index contributed by atoms with van der Waals surface area (Å²) in [4.78, 5) is 10.7. The summed E-state index contributed by atoms with van der Waals surface area (Å²) in [6.45, 7) is 0. The molecule has 0 unspecified atom stereocenters. The van der Waals surface area contributed by atoms with Gasteiger partial charge in [0.05, 0.1) is 19.5 Å². The maximum atomic E-state index is 10.7. The van der Waals surface area contributed by atoms with Crippen molar-refractivity contribution in [2.75, 3.05) is 7.11 Å². The highest BCUT2D eigenvalue weighted by molar-refractivity contribution is 9.10. The first-order valence-electron chi connectivity index (χ1n) is 4.28. The number of hydrogen-bond donors (Lipinski definition) is 2. The van der Waals surface area contributed by atoms with Gasteiger partial charge in [-0.2, -0.15) is 0 Å². The minimum absolute atomic E-state index is 0.0211. The summed E-state index contributed by atoms with van der Waals surface area (Å²) >= 11 is 3.18. The van der Waals surface area contributed by atoms with E-state index in [9.17, 15) is 4.91 Å². The fourth-order valence-corrected chi connectivity index (χ4v) is 1.75. The predicted molar refractivity (Wildman–Crippen MR) is 64.9 cm³/mol. The molecule has 0 amide bonds. The molecule has 0 saturated heterocycles. The number of rotatable bonds is 4. The lowest BCUT2D eigenvalue weighted by atomic mass is 10.1. The minimum Gasteiger partial charge on any atom is -0.494 e. The van der Waals surface area contributed by atoms with Gasteiger partial charge in [0.15, 0.2) is 5.69 Å². The molecule has 0 aliphatic heterocycles. The number of ether oxygens (including phenoxy) is 1. The number of hydrogen-bond acceptors (Lipinski definition) is 7. The third-order valence-corrected chi connectivity index (χ3v) is 2.84. The maximum absolute atomic E-state index is 10.7. The molecule has 0 aliphatic rings. The standard InChI is InChI=1S/C9H8BrN3O4/c1-17-7-2-5(3-11-14)8(10)6(4-12-15)9(7)13-16/h2-4,14-15H,1H3/b11-3+,12-4+. The van der Waals surface area contributed by atoms with Crippen molar-refractivity contribution in [2.24, 2.45) is 15.5 Å². The molecular weight excluding hydrogens is 294 g/mol. The van der Waals surface area contributed by atoms with E-state index in [-0.39, 0.29) is 17.0 Å². The van der Waals surface area contributed by atoms with Crippen molar-refractivity contribution in [2.45, 2.75) is 0 Å². The molecule has 1 aromatic carbocycles. The number of benzene rings is 1. The fourth-order valence-electron chi connectivity index (χ4n) is 1.25. The van der Waals surface area contributed by atoms with Crippen LogP contribution >= 0.6 is 15.9 Å². The number of nitroso groups, excluding NO2 is 1. The third kappa shape index (κ3) is 2.59. The van der Waals surface area contributed by atoms with Gasteiger partial charge in [0.25, 0.3) is 0 Å². The fraction of sp³-hybridized carbons (Fsp3) is 0.111. The summed E-state index contributed by atoms with van der Waals surface area (Å²) in [7, 11) is 1.36. The Morgan fingerprint density at radius 2 is 2.00 bits per heavy atom. The van der Waals surface area contributed by atoms with Crippen LogP contribution in [0.5, 0.6) is 5.75 Å². The van der Waals surface area contributed by atoms with Crippen LogP contribution in [0.25, 0.3) is 0 Å². The highest BCUT2D eigenvalue weighted by Crippen LogP contribution is 2.37. The molecule has 0 aliphatic carbocycles. The van der Waals surface area contributed by atoms with Gasteiger partial charge in [0, 0.05) is 15.6 Å². The molecule has 0 atom stereocenters. The van der Waals surface area contributed by atoms with Crippen LogP contribution < -0.4 is 4.74 Å². The lowest BCUT2D eigenvalue weighted by Gasteiger charge is -2.09. The zero-order chi connectivity index (χ0) is 12.8. The summed E-state index contributed by atoms with van der Waals surface area (Å²) in [6.07, 6.45) is 2.16. The van der Waals surface area contributed by atoms with Gasteiger partial charge in [-0.1, -0.05) is 10.3 Å². The van der Waals surface area contributed by atoms with Crippen LogP contribution in [0.1, 0.15) is 11.1 Å². The molecule has 0 aromatic heterocycles. The maximum Gasteiger partial charge on any atom is 0.159 e. The molecule has 7 nitrogen and oxygen atoms in total. The first-order valence-corrected chi connectivity index (χ1v) is 5.07. The summed E-state index contributed by atoms with van der Waals surface area (Å²) < 4.78 is 5.36. The Kier molecular flexibility index (Phi) is 4.58. The second kappa shape index (κ2) is 5.94. The second-order valence-electron chi connectivity index (χ2n) is 2.82. The number of nitrogens with zero attached hydrogens (tertiary/aromatic N) is 3. The van der Waals surface area contributed by atoms with Gasteiger partial charge in [0.2, 0.25) is 0 Å². The van der Waals surface area contributed by atoms with E-state index in [0.717, 1.165) is 12.4 Å². The minimum atomic E-state index is -0.0211. The van der Waals surface area contributed by atoms with Crippen LogP contribution in [0.3, 0.4) is 0 Å². The van der Waals surface area contributed by atoms with E-state index in [1.165, 1.54) is 13.2 Å². The first-order chi connectivity index (χ1) is 8.19. The average molecular weight is 302 g/mol. The molecule has 0 spiro atoms. The van der Waals surface area contributed by atoms with E-state index < -0.39 is 0 Å². The molecule has 0 bridgehead atoms. The summed E-state index contributed by atoms with van der Waals surface area (Å²) in [5.41, 5.74) is 0.635. The Hall–Kier alpha value is -1.96. The van der Waals surface area contributed by atoms with Crippen molar-refractivity contribution in [1.29, 1.82) is 0 Å². The lowest BCUT2D eigenvalue weighted by Crippen LogP contribution is -1.96. The summed E-state index contributed by atoms with van der Waals surface area (Å²) in [6, 6.07) is 1.45. The largest absolute Gasteiger partial charge is 0.494 e. The van der Waals surface area contributed by atoms with Crippen LogP contribution in [-0.2, 0) is 0 Å². The Morgan fingerprint density at radius 3 is 2.47 bits per heavy atom. The summed E-state index contributed by atoms with van der Waals surface area (Å²) in [5.74, 6) is 0.174. The van der Waals surface area contributed by atoms with E-state index >= 15 is 0 Å². The molecule has 1 aromatic rings. The zero-order valence-electron chi connectivity index (χ0n) is 8.66. The van der Waals surface area contributed by atoms with Gasteiger partial charge >= 0.3 is 0 Å². The topological polar surface area (TPSA) is 104 Å². The second-order valence-corrected chi connectivity index (χ2v) is 3.62. The molecular formula is C9H8BrN3O4. The number of halogens is 1. The van der Waals surface area contributed by atoms with E-state index in [1.54, 1.807) is 0 Å². The van der Waals surface area contributed by atoms with Crippen molar-refractivity contribution in [3.8, 4) is 5.75 Å². The van der Waals surface area contributed by atoms with Crippen LogP contribution in [0.2, 0.25) is 0 Å². The predicted octanol–water partition coefficient (Wildman–Crippen LogP) is 2.47. The first kappa shape index (κ1) is 13.1. The van der Waals surface area contributed by atoms with Crippen molar-refractivity contribution in [1.82, 2.24) is 0 Å². The van der Waals surface area contributed by atoms with E-state index in [0.29, 0.717) is 10.0 Å². The quantitative estimate of drug-likeness (QED) is 0.386.